The maximum Gasteiger partial charge on any atom is 0.279 e. The Hall–Kier alpha value is -2.43. The number of benzene rings is 2. The van der Waals surface area contributed by atoms with Gasteiger partial charge in [0, 0.05) is 5.69 Å². The molecule has 1 aliphatic heterocycles. The summed E-state index contributed by atoms with van der Waals surface area (Å²) in [7, 11) is 0. The fraction of sp³-hybridized carbons (Fsp3) is 0.348. The van der Waals surface area contributed by atoms with Crippen LogP contribution in [0.5, 0.6) is 0 Å². The number of rotatable bonds is 6. The topological polar surface area (TPSA) is 38.0 Å². The van der Waals surface area contributed by atoms with Gasteiger partial charge in [0.05, 0.1) is 6.54 Å². The molecule has 142 valence electrons. The van der Waals surface area contributed by atoms with E-state index in [0.29, 0.717) is 6.54 Å². The molecule has 0 aromatic heterocycles. The number of carbonyl (C=O) groups excluding carboxylic acids is 1. The summed E-state index contributed by atoms with van der Waals surface area (Å²) in [6.45, 7) is 10.1. The lowest BCUT2D eigenvalue weighted by Gasteiger charge is -2.28. The second-order valence-corrected chi connectivity index (χ2v) is 7.56. The van der Waals surface area contributed by atoms with Crippen LogP contribution in [0.1, 0.15) is 16.7 Å². The highest BCUT2D eigenvalue weighted by Gasteiger charge is 2.24. The molecule has 0 unspecified atom stereocenters. The summed E-state index contributed by atoms with van der Waals surface area (Å²) in [6.07, 6.45) is 4.46. The maximum absolute atomic E-state index is 12.4. The summed E-state index contributed by atoms with van der Waals surface area (Å²) in [4.78, 5) is 15.4. The van der Waals surface area contributed by atoms with E-state index in [2.05, 4.69) is 54.7 Å². The third-order valence-electron chi connectivity index (χ3n) is 5.25. The summed E-state index contributed by atoms with van der Waals surface area (Å²) in [5.74, 6) is 0.115. The molecule has 0 radical (unpaired) electrons. The number of nitrogens with one attached hydrogen (secondary N) is 3. The smallest absolute Gasteiger partial charge is 0.279 e. The molecule has 1 heterocycles. The first-order valence-corrected chi connectivity index (χ1v) is 9.86. The minimum Gasteiger partial charge on any atom is -0.322 e. The zero-order valence-electron chi connectivity index (χ0n) is 16.4. The van der Waals surface area contributed by atoms with E-state index in [9.17, 15) is 4.79 Å². The molecule has 1 fully saturated rings. The number of hydrogen-bond donors (Lipinski definition) is 3. The van der Waals surface area contributed by atoms with Crippen LogP contribution in [-0.2, 0) is 4.79 Å². The largest absolute Gasteiger partial charge is 0.322 e. The molecule has 1 amide bonds. The Bertz CT molecular complexity index is 777. The van der Waals surface area contributed by atoms with E-state index in [1.807, 2.05) is 25.1 Å². The second-order valence-electron chi connectivity index (χ2n) is 7.56. The van der Waals surface area contributed by atoms with E-state index < -0.39 is 0 Å². The molecular weight excluding hydrogens is 334 g/mol. The first kappa shape index (κ1) is 19.3. The van der Waals surface area contributed by atoms with Gasteiger partial charge in [0.1, 0.15) is 26.2 Å². The van der Waals surface area contributed by atoms with Crippen molar-refractivity contribution in [1.82, 2.24) is 0 Å². The molecule has 2 aromatic carbocycles. The molecule has 0 spiro atoms. The third kappa shape index (κ3) is 6.05. The van der Waals surface area contributed by atoms with Crippen molar-refractivity contribution < 1.29 is 14.6 Å². The summed E-state index contributed by atoms with van der Waals surface area (Å²) < 4.78 is 0. The van der Waals surface area contributed by atoms with Crippen LogP contribution in [0, 0.1) is 13.8 Å². The summed E-state index contributed by atoms with van der Waals surface area (Å²) in [5.41, 5.74) is 4.53. The molecule has 1 saturated heterocycles. The van der Waals surface area contributed by atoms with Crippen LogP contribution in [0.3, 0.4) is 0 Å². The SMILES string of the molecule is Cc1ccc(NC(=O)C[NH+]2CC[NH+](C/C=C/c3ccccc3)CC2)c(C)c1. The van der Waals surface area contributed by atoms with E-state index in [-0.39, 0.29) is 5.91 Å². The molecule has 0 saturated carbocycles. The van der Waals surface area contributed by atoms with Crippen LogP contribution in [-0.4, -0.2) is 45.2 Å². The first-order chi connectivity index (χ1) is 13.1. The minimum absolute atomic E-state index is 0.115. The van der Waals surface area contributed by atoms with Gasteiger partial charge in [-0.2, -0.15) is 0 Å². The Balaban J connectivity index is 1.40. The molecule has 0 bridgehead atoms. The molecule has 0 atom stereocenters. The lowest BCUT2D eigenvalue weighted by atomic mass is 10.1. The number of anilines is 1. The monoisotopic (exact) mass is 365 g/mol. The predicted molar refractivity (Wildman–Crippen MR) is 111 cm³/mol. The van der Waals surface area contributed by atoms with Gasteiger partial charge in [-0.25, -0.2) is 0 Å². The van der Waals surface area contributed by atoms with Crippen molar-refractivity contribution >= 4 is 17.7 Å². The van der Waals surface area contributed by atoms with E-state index in [1.165, 1.54) is 16.0 Å². The summed E-state index contributed by atoms with van der Waals surface area (Å²) in [5, 5.41) is 3.07. The van der Waals surface area contributed by atoms with Crippen molar-refractivity contribution in [2.45, 2.75) is 13.8 Å². The molecule has 3 rings (SSSR count). The van der Waals surface area contributed by atoms with Crippen molar-refractivity contribution in [2.24, 2.45) is 0 Å². The highest BCUT2D eigenvalue weighted by Crippen LogP contribution is 2.15. The fourth-order valence-corrected chi connectivity index (χ4v) is 3.64. The van der Waals surface area contributed by atoms with Gasteiger partial charge in [0.15, 0.2) is 6.54 Å². The number of hydrogen-bond acceptors (Lipinski definition) is 1. The van der Waals surface area contributed by atoms with Crippen molar-refractivity contribution in [3.63, 3.8) is 0 Å². The Morgan fingerprint density at radius 2 is 1.70 bits per heavy atom. The van der Waals surface area contributed by atoms with Crippen LogP contribution >= 0.6 is 0 Å². The van der Waals surface area contributed by atoms with Crippen molar-refractivity contribution in [3.05, 3.63) is 71.3 Å². The van der Waals surface area contributed by atoms with E-state index in [1.54, 1.807) is 4.90 Å². The molecule has 1 aliphatic rings. The standard InChI is InChI=1S/C23H29N3O/c1-19-10-11-22(20(2)17-19)24-23(27)18-26-15-13-25(14-16-26)12-6-9-21-7-4-3-5-8-21/h3-11,17H,12-16,18H2,1-2H3,(H,24,27)/p+2/b9-6+. The average Bonchev–Trinajstić information content (AvgIpc) is 2.66. The summed E-state index contributed by atoms with van der Waals surface area (Å²) >= 11 is 0. The van der Waals surface area contributed by atoms with E-state index in [4.69, 9.17) is 0 Å². The highest BCUT2D eigenvalue weighted by atomic mass is 16.2. The van der Waals surface area contributed by atoms with Crippen LogP contribution in [0.25, 0.3) is 6.08 Å². The number of carbonyl (C=O) groups is 1. The number of amides is 1. The molecule has 27 heavy (non-hydrogen) atoms. The Labute approximate surface area is 162 Å². The van der Waals surface area contributed by atoms with Gasteiger partial charge in [-0.05, 0) is 37.1 Å². The molecule has 3 N–H and O–H groups in total. The van der Waals surface area contributed by atoms with Gasteiger partial charge in [0.25, 0.3) is 5.91 Å². The molecule has 4 heteroatoms. The lowest BCUT2D eigenvalue weighted by Crippen LogP contribution is -3.28. The van der Waals surface area contributed by atoms with Gasteiger partial charge in [-0.15, -0.1) is 0 Å². The lowest BCUT2D eigenvalue weighted by molar-refractivity contribution is -1.01. The van der Waals surface area contributed by atoms with Crippen molar-refractivity contribution in [2.75, 3.05) is 44.6 Å². The van der Waals surface area contributed by atoms with E-state index in [0.717, 1.165) is 44.0 Å². The van der Waals surface area contributed by atoms with Gasteiger partial charge >= 0.3 is 0 Å². The maximum atomic E-state index is 12.4. The highest BCUT2D eigenvalue weighted by molar-refractivity contribution is 5.92. The zero-order chi connectivity index (χ0) is 19.1. The van der Waals surface area contributed by atoms with Crippen LogP contribution in [0.4, 0.5) is 5.69 Å². The van der Waals surface area contributed by atoms with Crippen molar-refractivity contribution in [1.29, 1.82) is 0 Å². The van der Waals surface area contributed by atoms with Crippen molar-refractivity contribution in [3.8, 4) is 0 Å². The van der Waals surface area contributed by atoms with Gasteiger partial charge in [-0.3, -0.25) is 4.79 Å². The normalized spacial score (nSPS) is 19.9. The number of quaternary nitrogens is 2. The molecule has 0 aliphatic carbocycles. The Kier molecular flexibility index (Phi) is 6.80. The van der Waals surface area contributed by atoms with Crippen LogP contribution < -0.4 is 15.1 Å². The van der Waals surface area contributed by atoms with Gasteiger partial charge < -0.3 is 15.1 Å². The second kappa shape index (κ2) is 9.49. The number of aryl methyl sites for hydroxylation is 2. The van der Waals surface area contributed by atoms with Gasteiger partial charge in [-0.1, -0.05) is 54.1 Å². The molecule has 2 aromatic rings. The summed E-state index contributed by atoms with van der Waals surface area (Å²) in [6, 6.07) is 16.6. The predicted octanol–water partition coefficient (Wildman–Crippen LogP) is 0.739. The third-order valence-corrected chi connectivity index (χ3v) is 5.25. The quantitative estimate of drug-likeness (QED) is 0.694. The minimum atomic E-state index is 0.115. The molecule has 4 nitrogen and oxygen atoms in total. The Morgan fingerprint density at radius 3 is 2.41 bits per heavy atom. The fourth-order valence-electron chi connectivity index (χ4n) is 3.64. The first-order valence-electron chi connectivity index (χ1n) is 9.86. The average molecular weight is 366 g/mol. The van der Waals surface area contributed by atoms with Gasteiger partial charge in [0.2, 0.25) is 0 Å². The van der Waals surface area contributed by atoms with E-state index >= 15 is 0 Å². The zero-order valence-corrected chi connectivity index (χ0v) is 16.4. The Morgan fingerprint density at radius 1 is 1.00 bits per heavy atom. The van der Waals surface area contributed by atoms with Crippen LogP contribution in [0.2, 0.25) is 0 Å². The van der Waals surface area contributed by atoms with Crippen LogP contribution in [0.15, 0.2) is 54.6 Å². The number of piperazine rings is 1. The molecular formula is C23H31N3O+2.